The fraction of sp³-hybridized carbons (Fsp3) is 0.667. The first-order chi connectivity index (χ1) is 6.56. The molecule has 0 spiro atoms. The maximum Gasteiger partial charge on any atom is 0.0517 e. The van der Waals surface area contributed by atoms with E-state index >= 15 is 0 Å². The van der Waals surface area contributed by atoms with Crippen molar-refractivity contribution in [2.24, 2.45) is 11.8 Å². The summed E-state index contributed by atoms with van der Waals surface area (Å²) in [5.41, 5.74) is 0. The molecule has 1 aromatic heterocycles. The van der Waals surface area contributed by atoms with E-state index < -0.39 is 0 Å². The zero-order chi connectivity index (χ0) is 10.7. The highest BCUT2D eigenvalue weighted by atomic mass is 79.9. The lowest BCUT2D eigenvalue weighted by atomic mass is 9.94. The summed E-state index contributed by atoms with van der Waals surface area (Å²) in [6.07, 6.45) is 1.15. The Balaban J connectivity index is 2.73. The van der Waals surface area contributed by atoms with Crippen molar-refractivity contribution >= 4 is 27.3 Å². The average Bonchev–Trinajstić information content (AvgIpc) is 2.63. The van der Waals surface area contributed by atoms with Crippen LogP contribution in [0.5, 0.6) is 0 Å². The highest BCUT2D eigenvalue weighted by Gasteiger charge is 2.20. The number of alkyl halides is 1. The first kappa shape index (κ1) is 12.3. The lowest BCUT2D eigenvalue weighted by Crippen LogP contribution is -2.09. The lowest BCUT2D eigenvalue weighted by molar-refractivity contribution is 0.417. The molecule has 1 heterocycles. The van der Waals surface area contributed by atoms with E-state index in [0.29, 0.717) is 10.7 Å². The largest absolute Gasteiger partial charge is 0.144 e. The Bertz CT molecular complexity index is 278. The van der Waals surface area contributed by atoms with Crippen molar-refractivity contribution in [2.75, 3.05) is 0 Å². The van der Waals surface area contributed by atoms with Gasteiger partial charge in [-0.25, -0.2) is 0 Å². The van der Waals surface area contributed by atoms with Gasteiger partial charge in [0.1, 0.15) is 0 Å². The predicted octanol–water partition coefficient (Wildman–Crippen LogP) is 5.04. The Morgan fingerprint density at radius 1 is 1.29 bits per heavy atom. The molecule has 0 aromatic carbocycles. The Kier molecular flexibility index (Phi) is 4.65. The van der Waals surface area contributed by atoms with Crippen molar-refractivity contribution in [3.8, 4) is 0 Å². The van der Waals surface area contributed by atoms with Crippen LogP contribution in [0.3, 0.4) is 0 Å². The van der Waals surface area contributed by atoms with Gasteiger partial charge in [0.15, 0.2) is 0 Å². The fourth-order valence-electron chi connectivity index (χ4n) is 1.33. The number of thiophene rings is 1. The van der Waals surface area contributed by atoms with Crippen LogP contribution in [0.1, 0.15) is 42.3 Å². The van der Waals surface area contributed by atoms with Gasteiger partial charge >= 0.3 is 0 Å². The van der Waals surface area contributed by atoms with Crippen molar-refractivity contribution in [2.45, 2.75) is 38.9 Å². The molecule has 0 saturated heterocycles. The van der Waals surface area contributed by atoms with Gasteiger partial charge < -0.3 is 0 Å². The molecule has 0 nitrogen and oxygen atoms in total. The molecule has 80 valence electrons. The van der Waals surface area contributed by atoms with Crippen LogP contribution in [-0.2, 0) is 6.42 Å². The van der Waals surface area contributed by atoms with Crippen LogP contribution in [0.25, 0.3) is 0 Å². The Labute approximate surface area is 99.9 Å². The molecule has 0 fully saturated rings. The second-order valence-corrected chi connectivity index (χ2v) is 6.35. The van der Waals surface area contributed by atoms with Gasteiger partial charge in [-0.15, -0.1) is 11.3 Å². The zero-order valence-corrected chi connectivity index (χ0v) is 11.8. The molecular weight excluding hydrogens is 256 g/mol. The molecule has 2 atom stereocenters. The minimum absolute atomic E-state index is 0.521. The van der Waals surface area contributed by atoms with Crippen LogP contribution in [0.2, 0.25) is 0 Å². The normalized spacial score (nSPS) is 15.9. The molecule has 1 aromatic rings. The minimum atomic E-state index is 0.521. The van der Waals surface area contributed by atoms with E-state index in [0.717, 1.165) is 12.3 Å². The van der Waals surface area contributed by atoms with E-state index in [1.54, 1.807) is 0 Å². The topological polar surface area (TPSA) is 0 Å². The maximum absolute atomic E-state index is 3.80. The predicted molar refractivity (Wildman–Crippen MR) is 69.4 cm³/mol. The quantitative estimate of drug-likeness (QED) is 0.675. The third kappa shape index (κ3) is 2.83. The Morgan fingerprint density at radius 3 is 2.36 bits per heavy atom. The molecule has 0 aliphatic rings. The van der Waals surface area contributed by atoms with Crippen molar-refractivity contribution in [1.29, 1.82) is 0 Å². The van der Waals surface area contributed by atoms with Crippen molar-refractivity contribution in [1.82, 2.24) is 0 Å². The average molecular weight is 275 g/mol. The molecule has 0 bridgehead atoms. The van der Waals surface area contributed by atoms with Crippen molar-refractivity contribution in [3.63, 3.8) is 0 Å². The zero-order valence-electron chi connectivity index (χ0n) is 9.38. The van der Waals surface area contributed by atoms with Gasteiger partial charge in [-0.2, -0.15) is 0 Å². The summed E-state index contributed by atoms with van der Waals surface area (Å²) >= 11 is 5.74. The van der Waals surface area contributed by atoms with Gasteiger partial charge in [0.25, 0.3) is 0 Å². The molecule has 1 rings (SSSR count). The first-order valence-corrected chi connectivity index (χ1v) is 7.02. The van der Waals surface area contributed by atoms with Gasteiger partial charge in [-0.05, 0) is 30.4 Å². The number of halogens is 1. The van der Waals surface area contributed by atoms with E-state index in [1.807, 2.05) is 11.3 Å². The number of hydrogen-bond acceptors (Lipinski definition) is 1. The van der Waals surface area contributed by atoms with E-state index in [4.69, 9.17) is 0 Å². The molecule has 0 aliphatic heterocycles. The maximum atomic E-state index is 3.80. The first-order valence-electron chi connectivity index (χ1n) is 5.29. The van der Waals surface area contributed by atoms with Crippen molar-refractivity contribution < 1.29 is 0 Å². The van der Waals surface area contributed by atoms with Gasteiger partial charge in [0.2, 0.25) is 0 Å². The molecule has 0 amide bonds. The molecule has 2 heteroatoms. The van der Waals surface area contributed by atoms with Crippen LogP contribution in [0, 0.1) is 11.8 Å². The second kappa shape index (κ2) is 5.32. The van der Waals surface area contributed by atoms with E-state index in [2.05, 4.69) is 55.8 Å². The molecule has 0 N–H and O–H groups in total. The van der Waals surface area contributed by atoms with Crippen LogP contribution in [0.4, 0.5) is 0 Å². The standard InChI is InChI=1S/C12H19BrS/c1-5-10-6-7-11(14-10)12(13)9(4)8(2)3/h6-9,12H,5H2,1-4H3. The van der Waals surface area contributed by atoms with Gasteiger partial charge in [-0.1, -0.05) is 43.6 Å². The lowest BCUT2D eigenvalue weighted by Gasteiger charge is -2.20. The summed E-state index contributed by atoms with van der Waals surface area (Å²) in [6.45, 7) is 9.10. The number of rotatable bonds is 4. The van der Waals surface area contributed by atoms with Crippen LogP contribution >= 0.6 is 27.3 Å². The summed E-state index contributed by atoms with van der Waals surface area (Å²) in [6, 6.07) is 4.52. The molecular formula is C12H19BrS. The summed E-state index contributed by atoms with van der Waals surface area (Å²) in [5, 5.41) is 0. The third-order valence-corrected chi connectivity index (χ3v) is 5.76. The Morgan fingerprint density at radius 2 is 1.93 bits per heavy atom. The Hall–Kier alpha value is 0.180. The highest BCUT2D eigenvalue weighted by Crippen LogP contribution is 2.38. The summed E-state index contributed by atoms with van der Waals surface area (Å²) in [7, 11) is 0. The molecule has 0 saturated carbocycles. The molecule has 14 heavy (non-hydrogen) atoms. The number of aryl methyl sites for hydroxylation is 1. The molecule has 2 unspecified atom stereocenters. The van der Waals surface area contributed by atoms with Gasteiger partial charge in [-0.3, -0.25) is 0 Å². The fourth-order valence-corrected chi connectivity index (χ4v) is 3.42. The summed E-state index contributed by atoms with van der Waals surface area (Å²) < 4.78 is 0. The second-order valence-electron chi connectivity index (χ2n) is 4.16. The van der Waals surface area contributed by atoms with Crippen molar-refractivity contribution in [3.05, 3.63) is 21.9 Å². The SMILES string of the molecule is CCc1ccc(C(Br)C(C)C(C)C)s1. The molecule has 0 aliphatic carbocycles. The van der Waals surface area contributed by atoms with Crippen LogP contribution in [-0.4, -0.2) is 0 Å². The summed E-state index contributed by atoms with van der Waals surface area (Å²) in [5.74, 6) is 1.42. The third-order valence-electron chi connectivity index (χ3n) is 2.82. The molecule has 0 radical (unpaired) electrons. The highest BCUT2D eigenvalue weighted by molar-refractivity contribution is 9.09. The van der Waals surface area contributed by atoms with E-state index in [9.17, 15) is 0 Å². The minimum Gasteiger partial charge on any atom is -0.144 e. The van der Waals surface area contributed by atoms with Crippen LogP contribution in [0.15, 0.2) is 12.1 Å². The monoisotopic (exact) mass is 274 g/mol. The van der Waals surface area contributed by atoms with Gasteiger partial charge in [0.05, 0.1) is 4.83 Å². The van der Waals surface area contributed by atoms with Crippen LogP contribution < -0.4 is 0 Å². The van der Waals surface area contributed by atoms with E-state index in [-0.39, 0.29) is 0 Å². The van der Waals surface area contributed by atoms with E-state index in [1.165, 1.54) is 9.75 Å². The smallest absolute Gasteiger partial charge is 0.0517 e. The summed E-state index contributed by atoms with van der Waals surface area (Å²) in [4.78, 5) is 3.48. The van der Waals surface area contributed by atoms with Gasteiger partial charge in [0, 0.05) is 9.75 Å². The number of hydrogen-bond donors (Lipinski definition) is 0.